The predicted octanol–water partition coefficient (Wildman–Crippen LogP) is 3.76. The molecule has 4 aromatic rings. The lowest BCUT2D eigenvalue weighted by atomic mass is 9.96. The fraction of sp³-hybridized carbons (Fsp3) is 0.409. The number of carbonyl (C=O) groups is 2. The molecule has 336 valence electrons. The van der Waals surface area contributed by atoms with Crippen LogP contribution in [-0.4, -0.2) is 77.4 Å². The first-order chi connectivity index (χ1) is 29.2. The summed E-state index contributed by atoms with van der Waals surface area (Å²) in [6, 6.07) is 16.2. The molecule has 0 bridgehead atoms. The van der Waals surface area contributed by atoms with E-state index in [2.05, 4.69) is 21.3 Å². The van der Waals surface area contributed by atoms with E-state index in [1.54, 1.807) is 12.1 Å². The maximum atomic E-state index is 13.6. The molecule has 6 atom stereocenters. The molecular formula is C44H54F4N6O6S2. The van der Waals surface area contributed by atoms with Gasteiger partial charge in [-0.25, -0.2) is 34.4 Å². The van der Waals surface area contributed by atoms with Gasteiger partial charge in [0.15, 0.2) is 19.7 Å². The Hall–Kier alpha value is -4.72. The average molecular weight is 903 g/mol. The van der Waals surface area contributed by atoms with Crippen molar-refractivity contribution in [3.63, 3.8) is 0 Å². The number of hydrogen-bond donors (Lipinski definition) is 6. The van der Waals surface area contributed by atoms with Crippen LogP contribution in [0.2, 0.25) is 0 Å². The molecule has 2 heterocycles. The third-order valence-corrected chi connectivity index (χ3v) is 14.0. The fourth-order valence-corrected chi connectivity index (χ4v) is 11.2. The van der Waals surface area contributed by atoms with Crippen LogP contribution in [0.4, 0.5) is 17.6 Å². The van der Waals surface area contributed by atoms with Gasteiger partial charge in [0.2, 0.25) is 11.8 Å². The maximum absolute atomic E-state index is 13.6. The standard InChI is InChI=1S/C23H29F2N3O3S.C21H25F2N3O3S/c1-3-15-4-5-17-12-32(30,31)13-23(20(17)8-15)27-11-21(26)22(28-14(2)29)9-16-6-18(24)10-19(25)7-16;1-13(27)26-20(8-14-6-16(22)9-17(23)7-14)19(24)10-25-21-12-30(28,29)11-15-4-2-3-5-18(15)21/h4-8,10,21-23,27H,3,9,11-13,26H2,1-2H3,(H,28,29);2-7,9,19-21,25H,8,10-12,24H2,1H3,(H,26,27)/t21?,22-,23?;19?,20-,21?/m00/s1. The number of benzene rings is 4. The fourth-order valence-electron chi connectivity index (χ4n) is 7.89. The highest BCUT2D eigenvalue weighted by Crippen LogP contribution is 2.30. The number of fused-ring (bicyclic) bond motifs is 2. The third kappa shape index (κ3) is 14.2. The molecule has 0 aromatic heterocycles. The van der Waals surface area contributed by atoms with Gasteiger partial charge in [-0.3, -0.25) is 9.59 Å². The van der Waals surface area contributed by atoms with Crippen LogP contribution in [-0.2, 0) is 60.0 Å². The maximum Gasteiger partial charge on any atom is 0.217 e. The summed E-state index contributed by atoms with van der Waals surface area (Å²) in [4.78, 5) is 23.3. The molecule has 18 heteroatoms. The van der Waals surface area contributed by atoms with Gasteiger partial charge in [0, 0.05) is 75.3 Å². The number of nitrogens with one attached hydrogen (secondary N) is 4. The van der Waals surface area contributed by atoms with Gasteiger partial charge in [0.1, 0.15) is 23.3 Å². The van der Waals surface area contributed by atoms with E-state index in [-0.39, 0.29) is 60.8 Å². The van der Waals surface area contributed by atoms with Crippen molar-refractivity contribution in [2.75, 3.05) is 24.6 Å². The van der Waals surface area contributed by atoms with Crippen LogP contribution >= 0.6 is 0 Å². The van der Waals surface area contributed by atoms with Gasteiger partial charge in [-0.1, -0.05) is 49.4 Å². The van der Waals surface area contributed by atoms with Crippen molar-refractivity contribution in [3.8, 4) is 0 Å². The first-order valence-corrected chi connectivity index (χ1v) is 23.9. The largest absolute Gasteiger partial charge is 0.352 e. The van der Waals surface area contributed by atoms with Crippen LogP contribution in [0, 0.1) is 23.3 Å². The van der Waals surface area contributed by atoms with E-state index in [0.717, 1.165) is 46.4 Å². The summed E-state index contributed by atoms with van der Waals surface area (Å²) in [5, 5.41) is 11.9. The van der Waals surface area contributed by atoms with Gasteiger partial charge in [0.05, 0.1) is 23.0 Å². The number of hydrogen-bond acceptors (Lipinski definition) is 10. The predicted molar refractivity (Wildman–Crippen MR) is 230 cm³/mol. The molecule has 0 spiro atoms. The van der Waals surface area contributed by atoms with Crippen LogP contribution < -0.4 is 32.7 Å². The van der Waals surface area contributed by atoms with E-state index < -0.39 is 79.2 Å². The summed E-state index contributed by atoms with van der Waals surface area (Å²) in [7, 11) is -6.51. The molecule has 0 saturated carbocycles. The second-order valence-electron chi connectivity index (χ2n) is 16.0. The lowest BCUT2D eigenvalue weighted by Crippen LogP contribution is -2.53. The molecule has 0 aliphatic carbocycles. The number of carbonyl (C=O) groups excluding carboxylic acids is 2. The molecule has 0 fully saturated rings. The first-order valence-electron chi connectivity index (χ1n) is 20.2. The Bertz CT molecular complexity index is 2420. The number of sulfone groups is 2. The monoisotopic (exact) mass is 902 g/mol. The highest BCUT2D eigenvalue weighted by atomic mass is 32.2. The van der Waals surface area contributed by atoms with Gasteiger partial charge < -0.3 is 32.7 Å². The first kappa shape index (κ1) is 48.3. The van der Waals surface area contributed by atoms with Crippen molar-refractivity contribution in [3.05, 3.63) is 141 Å². The molecule has 4 aromatic carbocycles. The summed E-state index contributed by atoms with van der Waals surface area (Å²) in [6.07, 6.45) is 1.11. The summed E-state index contributed by atoms with van der Waals surface area (Å²) in [6.45, 7) is 5.13. The Morgan fingerprint density at radius 2 is 1.03 bits per heavy atom. The average Bonchev–Trinajstić information content (AvgIpc) is 3.16. The zero-order chi connectivity index (χ0) is 45.4. The van der Waals surface area contributed by atoms with Gasteiger partial charge >= 0.3 is 0 Å². The van der Waals surface area contributed by atoms with Gasteiger partial charge in [-0.05, 0) is 82.5 Å². The van der Waals surface area contributed by atoms with Crippen LogP contribution in [0.25, 0.3) is 0 Å². The van der Waals surface area contributed by atoms with Crippen LogP contribution in [0.1, 0.15) is 71.8 Å². The van der Waals surface area contributed by atoms with Crippen molar-refractivity contribution >= 4 is 31.5 Å². The number of aryl methyl sites for hydroxylation is 1. The SMILES string of the molecule is CC(=O)N[C@@H](Cc1cc(F)cc(F)c1)C(N)CNC1CS(=O)(=O)Cc2ccccc21.CCc1ccc2c(c1)C(NCC(N)[C@H](Cc1cc(F)cc(F)c1)NC(C)=O)CS(=O)(=O)C2. The quantitative estimate of drug-likeness (QED) is 0.0955. The molecule has 2 aliphatic rings. The minimum Gasteiger partial charge on any atom is -0.352 e. The molecular weight excluding hydrogens is 849 g/mol. The number of halogens is 4. The zero-order valence-electron chi connectivity index (χ0n) is 34.8. The molecule has 2 amide bonds. The lowest BCUT2D eigenvalue weighted by molar-refractivity contribution is -0.120. The number of amides is 2. The van der Waals surface area contributed by atoms with Crippen LogP contribution in [0.15, 0.2) is 78.9 Å². The third-order valence-electron chi connectivity index (χ3n) is 10.8. The van der Waals surface area contributed by atoms with Gasteiger partial charge in [-0.15, -0.1) is 0 Å². The Kier molecular flexibility index (Phi) is 16.4. The summed E-state index contributed by atoms with van der Waals surface area (Å²) in [5.74, 6) is -3.53. The van der Waals surface area contributed by atoms with E-state index >= 15 is 0 Å². The molecule has 8 N–H and O–H groups in total. The molecule has 2 aliphatic heterocycles. The van der Waals surface area contributed by atoms with E-state index in [1.165, 1.54) is 38.1 Å². The minimum atomic E-state index is -3.27. The molecule has 4 unspecified atom stereocenters. The number of rotatable bonds is 15. The minimum absolute atomic E-state index is 0.00700. The Labute approximate surface area is 360 Å². The second kappa shape index (κ2) is 21.1. The van der Waals surface area contributed by atoms with Crippen molar-refractivity contribution in [2.24, 2.45) is 11.5 Å². The molecule has 0 saturated heterocycles. The van der Waals surface area contributed by atoms with Crippen molar-refractivity contribution in [1.82, 2.24) is 21.3 Å². The van der Waals surface area contributed by atoms with E-state index in [1.807, 2.05) is 37.3 Å². The summed E-state index contributed by atoms with van der Waals surface area (Å²) < 4.78 is 104. The molecule has 62 heavy (non-hydrogen) atoms. The molecule has 0 radical (unpaired) electrons. The number of nitrogens with two attached hydrogens (primary N) is 2. The normalized spacial score (nSPS) is 19.3. The van der Waals surface area contributed by atoms with Gasteiger partial charge in [-0.2, -0.15) is 0 Å². The van der Waals surface area contributed by atoms with E-state index in [9.17, 15) is 44.0 Å². The summed E-state index contributed by atoms with van der Waals surface area (Å²) >= 11 is 0. The van der Waals surface area contributed by atoms with Gasteiger partial charge in [0.25, 0.3) is 0 Å². The Balaban J connectivity index is 0.000000235. The Morgan fingerprint density at radius 3 is 1.47 bits per heavy atom. The highest BCUT2D eigenvalue weighted by Gasteiger charge is 2.32. The molecule has 12 nitrogen and oxygen atoms in total. The van der Waals surface area contributed by atoms with Crippen LogP contribution in [0.5, 0.6) is 0 Å². The zero-order valence-corrected chi connectivity index (χ0v) is 36.4. The lowest BCUT2D eigenvalue weighted by Gasteiger charge is -2.30. The van der Waals surface area contributed by atoms with Crippen LogP contribution in [0.3, 0.4) is 0 Å². The van der Waals surface area contributed by atoms with Crippen molar-refractivity contribution in [1.29, 1.82) is 0 Å². The van der Waals surface area contributed by atoms with E-state index in [4.69, 9.17) is 11.5 Å². The Morgan fingerprint density at radius 1 is 0.613 bits per heavy atom. The molecule has 6 rings (SSSR count). The second-order valence-corrected chi connectivity index (χ2v) is 20.2. The van der Waals surface area contributed by atoms with Crippen molar-refractivity contribution < 1.29 is 44.0 Å². The summed E-state index contributed by atoms with van der Waals surface area (Å²) in [5.41, 5.74) is 17.8. The topological polar surface area (TPSA) is 203 Å². The smallest absolute Gasteiger partial charge is 0.217 e. The van der Waals surface area contributed by atoms with Crippen molar-refractivity contribution in [2.45, 2.75) is 87.8 Å². The van der Waals surface area contributed by atoms with E-state index in [0.29, 0.717) is 11.1 Å². The highest BCUT2D eigenvalue weighted by molar-refractivity contribution is 7.91.